The van der Waals surface area contributed by atoms with E-state index < -0.39 is 16.1 Å². The quantitative estimate of drug-likeness (QED) is 0.250. The molecule has 8 nitrogen and oxygen atoms in total. The number of ether oxygens (including phenoxy) is 1. The number of benzene rings is 2. The SMILES string of the molecule is COC(=O)C(=NOS(=O)(=O)Cc1ccccc1)Sc1ccc(NC(C)=O)cc1. The lowest BCUT2D eigenvalue weighted by Crippen LogP contribution is -2.14. The number of methoxy groups -OCH3 is 1. The van der Waals surface area contributed by atoms with E-state index in [2.05, 4.69) is 19.5 Å². The van der Waals surface area contributed by atoms with Crippen LogP contribution in [0.5, 0.6) is 0 Å². The maximum atomic E-state index is 12.1. The third-order valence-corrected chi connectivity index (χ3v) is 5.10. The highest BCUT2D eigenvalue weighted by Crippen LogP contribution is 2.23. The van der Waals surface area contributed by atoms with Gasteiger partial charge >= 0.3 is 16.1 Å². The molecule has 0 saturated carbocycles. The van der Waals surface area contributed by atoms with Crippen LogP contribution in [0.4, 0.5) is 5.69 Å². The Morgan fingerprint density at radius 1 is 1.07 bits per heavy atom. The van der Waals surface area contributed by atoms with Crippen molar-refractivity contribution in [1.82, 2.24) is 0 Å². The van der Waals surface area contributed by atoms with Crippen LogP contribution in [0.2, 0.25) is 0 Å². The maximum absolute atomic E-state index is 12.1. The Kier molecular flexibility index (Phi) is 7.59. The third-order valence-electron chi connectivity index (χ3n) is 3.17. The van der Waals surface area contributed by atoms with E-state index in [9.17, 15) is 18.0 Å². The number of esters is 1. The molecule has 0 aliphatic carbocycles. The minimum absolute atomic E-state index is 0.214. The molecule has 2 aromatic rings. The van der Waals surface area contributed by atoms with Crippen molar-refractivity contribution in [3.63, 3.8) is 0 Å². The van der Waals surface area contributed by atoms with Crippen LogP contribution in [-0.2, 0) is 34.5 Å². The fourth-order valence-electron chi connectivity index (χ4n) is 2.00. The van der Waals surface area contributed by atoms with Crippen molar-refractivity contribution in [2.45, 2.75) is 17.6 Å². The Balaban J connectivity index is 2.12. The van der Waals surface area contributed by atoms with Crippen molar-refractivity contribution >= 4 is 44.5 Å². The van der Waals surface area contributed by atoms with Crippen molar-refractivity contribution < 1.29 is 27.0 Å². The summed E-state index contributed by atoms with van der Waals surface area (Å²) in [5.41, 5.74) is 1.11. The highest BCUT2D eigenvalue weighted by molar-refractivity contribution is 8.15. The van der Waals surface area contributed by atoms with Crippen molar-refractivity contribution in [3.8, 4) is 0 Å². The Morgan fingerprint density at radius 3 is 2.29 bits per heavy atom. The van der Waals surface area contributed by atoms with Crippen molar-refractivity contribution in [2.24, 2.45) is 5.16 Å². The molecule has 0 heterocycles. The Bertz CT molecular complexity index is 957. The second-order valence-corrected chi connectivity index (χ2v) is 8.07. The van der Waals surface area contributed by atoms with Crippen LogP contribution in [0.15, 0.2) is 64.6 Å². The second-order valence-electron chi connectivity index (χ2n) is 5.46. The topological polar surface area (TPSA) is 111 Å². The maximum Gasteiger partial charge on any atom is 0.367 e. The van der Waals surface area contributed by atoms with Crippen LogP contribution >= 0.6 is 11.8 Å². The lowest BCUT2D eigenvalue weighted by atomic mass is 10.2. The van der Waals surface area contributed by atoms with Gasteiger partial charge in [-0.05, 0) is 29.8 Å². The molecule has 0 unspecified atom stereocenters. The lowest BCUT2D eigenvalue weighted by Gasteiger charge is -2.06. The first-order valence-corrected chi connectivity index (χ1v) is 10.4. The molecule has 28 heavy (non-hydrogen) atoms. The first-order chi connectivity index (χ1) is 13.3. The number of nitrogens with one attached hydrogen (secondary N) is 1. The van der Waals surface area contributed by atoms with E-state index in [1.165, 1.54) is 6.92 Å². The molecular weight excluding hydrogens is 404 g/mol. The van der Waals surface area contributed by atoms with Gasteiger partial charge in [0.2, 0.25) is 11.0 Å². The molecule has 0 aliphatic heterocycles. The molecule has 0 bridgehead atoms. The van der Waals surface area contributed by atoms with E-state index in [4.69, 9.17) is 0 Å². The summed E-state index contributed by atoms with van der Waals surface area (Å²) in [6, 6.07) is 15.0. The molecule has 1 N–H and O–H groups in total. The van der Waals surface area contributed by atoms with Gasteiger partial charge in [-0.1, -0.05) is 47.2 Å². The fourth-order valence-corrected chi connectivity index (χ4v) is 3.63. The van der Waals surface area contributed by atoms with Crippen molar-refractivity contribution in [3.05, 3.63) is 60.2 Å². The molecule has 2 aromatic carbocycles. The number of amides is 1. The number of rotatable bonds is 6. The number of hydrogen-bond donors (Lipinski definition) is 1. The first kappa shape index (κ1) is 21.5. The number of oxime groups is 1. The molecule has 10 heteroatoms. The molecule has 0 atom stereocenters. The van der Waals surface area contributed by atoms with E-state index >= 15 is 0 Å². The summed E-state index contributed by atoms with van der Waals surface area (Å²) in [5.74, 6) is -1.44. The van der Waals surface area contributed by atoms with Crippen LogP contribution in [0, 0.1) is 0 Å². The highest BCUT2D eigenvalue weighted by Gasteiger charge is 2.19. The van der Waals surface area contributed by atoms with Gasteiger partial charge in [-0.3, -0.25) is 9.08 Å². The van der Waals surface area contributed by atoms with Gasteiger partial charge in [0.05, 0.1) is 7.11 Å². The second kappa shape index (κ2) is 9.90. The van der Waals surface area contributed by atoms with Crippen LogP contribution in [0.1, 0.15) is 12.5 Å². The number of carbonyl (C=O) groups is 2. The molecule has 0 radical (unpaired) electrons. The normalized spacial score (nSPS) is 11.6. The van der Waals surface area contributed by atoms with Crippen LogP contribution in [0.3, 0.4) is 0 Å². The number of nitrogens with zero attached hydrogens (tertiary/aromatic N) is 1. The Morgan fingerprint density at radius 2 is 1.71 bits per heavy atom. The Labute approximate surface area is 167 Å². The lowest BCUT2D eigenvalue weighted by molar-refractivity contribution is -0.132. The Hall–Kier alpha value is -2.85. The van der Waals surface area contributed by atoms with Gasteiger partial charge < -0.3 is 10.1 Å². The number of anilines is 1. The monoisotopic (exact) mass is 422 g/mol. The average molecular weight is 422 g/mol. The molecule has 0 saturated heterocycles. The van der Waals surface area contributed by atoms with Crippen molar-refractivity contribution in [2.75, 3.05) is 12.4 Å². The predicted molar refractivity (Wildman–Crippen MR) is 106 cm³/mol. The average Bonchev–Trinajstić information content (AvgIpc) is 2.66. The summed E-state index contributed by atoms with van der Waals surface area (Å²) in [6.45, 7) is 1.39. The van der Waals surface area contributed by atoms with E-state index in [-0.39, 0.29) is 16.7 Å². The zero-order chi connectivity index (χ0) is 20.6. The number of carbonyl (C=O) groups excluding carboxylic acids is 2. The fraction of sp³-hybridized carbons (Fsp3) is 0.167. The summed E-state index contributed by atoms with van der Waals surface area (Å²) in [7, 11) is -2.89. The summed E-state index contributed by atoms with van der Waals surface area (Å²) >= 11 is 0.869. The smallest absolute Gasteiger partial charge is 0.367 e. The summed E-state index contributed by atoms with van der Waals surface area (Å²) in [6.07, 6.45) is 0. The van der Waals surface area contributed by atoms with E-state index in [1.54, 1.807) is 54.6 Å². The summed E-state index contributed by atoms with van der Waals surface area (Å²) in [4.78, 5) is 23.5. The molecule has 0 aromatic heterocycles. The predicted octanol–water partition coefficient (Wildman–Crippen LogP) is 2.77. The molecule has 0 spiro atoms. The van der Waals surface area contributed by atoms with E-state index in [0.29, 0.717) is 16.1 Å². The van der Waals surface area contributed by atoms with Crippen LogP contribution in [0.25, 0.3) is 0 Å². The van der Waals surface area contributed by atoms with Gasteiger partial charge in [0.25, 0.3) is 0 Å². The minimum atomic E-state index is -4.04. The molecule has 2 rings (SSSR count). The van der Waals surface area contributed by atoms with Gasteiger partial charge in [-0.25, -0.2) is 4.79 Å². The van der Waals surface area contributed by atoms with Gasteiger partial charge in [-0.15, -0.1) is 0 Å². The largest absolute Gasteiger partial charge is 0.464 e. The van der Waals surface area contributed by atoms with Gasteiger partial charge in [-0.2, -0.15) is 8.42 Å². The van der Waals surface area contributed by atoms with Crippen LogP contribution in [-0.4, -0.2) is 32.4 Å². The van der Waals surface area contributed by atoms with Crippen LogP contribution < -0.4 is 5.32 Å². The molecule has 1 amide bonds. The molecular formula is C18H18N2O6S2. The summed E-state index contributed by atoms with van der Waals surface area (Å²) in [5, 5.41) is 5.80. The van der Waals surface area contributed by atoms with E-state index in [1.807, 2.05) is 0 Å². The standard InChI is InChI=1S/C18H18N2O6S2/c1-13(21)19-15-8-10-16(11-9-15)27-17(18(22)25-2)20-26-28(23,24)12-14-6-4-3-5-7-14/h3-11H,12H2,1-2H3,(H,19,21). The number of hydrogen-bond acceptors (Lipinski definition) is 8. The molecule has 148 valence electrons. The highest BCUT2D eigenvalue weighted by atomic mass is 32.2. The van der Waals surface area contributed by atoms with Crippen molar-refractivity contribution in [1.29, 1.82) is 0 Å². The molecule has 0 aliphatic rings. The zero-order valence-corrected chi connectivity index (χ0v) is 16.7. The minimum Gasteiger partial charge on any atom is -0.464 e. The zero-order valence-electron chi connectivity index (χ0n) is 15.1. The van der Waals surface area contributed by atoms with Gasteiger partial charge in [0.15, 0.2) is 0 Å². The van der Waals surface area contributed by atoms with Gasteiger partial charge in [0.1, 0.15) is 5.75 Å². The van der Waals surface area contributed by atoms with Gasteiger partial charge in [0, 0.05) is 17.5 Å². The third kappa shape index (κ3) is 7.05. The molecule has 0 fully saturated rings. The summed E-state index contributed by atoms with van der Waals surface area (Å²) < 4.78 is 33.4. The van der Waals surface area contributed by atoms with E-state index in [0.717, 1.165) is 18.9 Å². The first-order valence-electron chi connectivity index (χ1n) is 7.96. The number of thioether (sulfide) groups is 1.